The molecule has 1 heterocycles. The third kappa shape index (κ3) is 4.85. The van der Waals surface area contributed by atoms with E-state index < -0.39 is 0 Å². The quantitative estimate of drug-likeness (QED) is 0.563. The van der Waals surface area contributed by atoms with E-state index in [-0.39, 0.29) is 0 Å². The molecule has 0 spiro atoms. The Morgan fingerprint density at radius 3 is 2.46 bits per heavy atom. The van der Waals surface area contributed by atoms with Gasteiger partial charge in [-0.15, -0.1) is 0 Å². The molecule has 0 saturated carbocycles. The second kappa shape index (κ2) is 9.04. The number of methoxy groups -OCH3 is 1. The summed E-state index contributed by atoms with van der Waals surface area (Å²) in [5.41, 5.74) is 2.32. The van der Waals surface area contributed by atoms with E-state index in [1.54, 1.807) is 7.11 Å². The highest BCUT2D eigenvalue weighted by molar-refractivity contribution is 5.49. The van der Waals surface area contributed by atoms with Gasteiger partial charge in [-0.25, -0.2) is 0 Å². The Kier molecular flexibility index (Phi) is 6.25. The summed E-state index contributed by atoms with van der Waals surface area (Å²) in [4.78, 5) is 6.77. The van der Waals surface area contributed by atoms with Gasteiger partial charge in [0.25, 0.3) is 0 Å². The average molecular weight is 351 g/mol. The zero-order valence-electron chi connectivity index (χ0n) is 15.4. The van der Waals surface area contributed by atoms with Gasteiger partial charge in [-0.2, -0.15) is 4.98 Å². The van der Waals surface area contributed by atoms with Crippen LogP contribution in [0.5, 0.6) is 5.75 Å². The molecular formula is C21H25N3O2. The predicted octanol–water partition coefficient (Wildman–Crippen LogP) is 4.63. The summed E-state index contributed by atoms with van der Waals surface area (Å²) >= 11 is 0. The Morgan fingerprint density at radius 1 is 1.00 bits per heavy atom. The first-order valence-corrected chi connectivity index (χ1v) is 9.03. The summed E-state index contributed by atoms with van der Waals surface area (Å²) in [5, 5.41) is 4.10. The van der Waals surface area contributed by atoms with Gasteiger partial charge in [0, 0.05) is 18.7 Å². The molecule has 1 aromatic heterocycles. The van der Waals surface area contributed by atoms with Crippen LogP contribution in [0.3, 0.4) is 0 Å². The molecule has 0 unspecified atom stereocenters. The molecule has 3 aromatic rings. The fourth-order valence-corrected chi connectivity index (χ4v) is 2.79. The lowest BCUT2D eigenvalue weighted by molar-refractivity contribution is 0.370. The Balaban J connectivity index is 1.78. The van der Waals surface area contributed by atoms with Crippen LogP contribution in [0, 0.1) is 0 Å². The Morgan fingerprint density at radius 2 is 1.77 bits per heavy atom. The maximum atomic E-state index is 5.47. The average Bonchev–Trinajstić information content (AvgIpc) is 3.14. The van der Waals surface area contributed by atoms with E-state index >= 15 is 0 Å². The second-order valence-electron chi connectivity index (χ2n) is 6.25. The Labute approximate surface area is 154 Å². The lowest BCUT2D eigenvalue weighted by atomic mass is 10.2. The number of rotatable bonds is 9. The van der Waals surface area contributed by atoms with Gasteiger partial charge in [0.15, 0.2) is 5.82 Å². The van der Waals surface area contributed by atoms with Crippen LogP contribution >= 0.6 is 0 Å². The van der Waals surface area contributed by atoms with Crippen molar-refractivity contribution >= 4 is 5.69 Å². The van der Waals surface area contributed by atoms with Crippen LogP contribution in [0.4, 0.5) is 5.69 Å². The van der Waals surface area contributed by atoms with Crippen molar-refractivity contribution < 1.29 is 9.26 Å². The smallest absolute Gasteiger partial charge is 0.246 e. The number of benzene rings is 2. The predicted molar refractivity (Wildman–Crippen MR) is 102 cm³/mol. The van der Waals surface area contributed by atoms with Gasteiger partial charge in [-0.05, 0) is 36.2 Å². The topological polar surface area (TPSA) is 51.4 Å². The minimum Gasteiger partial charge on any atom is -0.497 e. The number of anilines is 1. The SMILES string of the molecule is CCCCc1noc(CN(Cc2ccccc2)c2ccc(OC)cc2)n1. The van der Waals surface area contributed by atoms with E-state index in [0.29, 0.717) is 12.4 Å². The van der Waals surface area contributed by atoms with Crippen LogP contribution in [0.15, 0.2) is 59.1 Å². The lowest BCUT2D eigenvalue weighted by Crippen LogP contribution is -2.22. The summed E-state index contributed by atoms with van der Waals surface area (Å²) in [7, 11) is 1.67. The van der Waals surface area contributed by atoms with Crippen LogP contribution in [0.25, 0.3) is 0 Å². The van der Waals surface area contributed by atoms with Crippen LogP contribution < -0.4 is 9.64 Å². The van der Waals surface area contributed by atoms with Crippen LogP contribution in [0.2, 0.25) is 0 Å². The van der Waals surface area contributed by atoms with Crippen LogP contribution in [-0.4, -0.2) is 17.3 Å². The number of hydrogen-bond donors (Lipinski definition) is 0. The molecule has 0 saturated heterocycles. The van der Waals surface area contributed by atoms with E-state index in [2.05, 4.69) is 58.4 Å². The molecule has 5 heteroatoms. The van der Waals surface area contributed by atoms with Gasteiger partial charge in [-0.1, -0.05) is 48.8 Å². The lowest BCUT2D eigenvalue weighted by Gasteiger charge is -2.23. The normalized spacial score (nSPS) is 10.7. The van der Waals surface area contributed by atoms with Gasteiger partial charge in [0.05, 0.1) is 13.7 Å². The molecule has 0 N–H and O–H groups in total. The first-order chi connectivity index (χ1) is 12.8. The molecule has 26 heavy (non-hydrogen) atoms. The van der Waals surface area contributed by atoms with Crippen molar-refractivity contribution in [1.29, 1.82) is 0 Å². The van der Waals surface area contributed by atoms with Gasteiger partial charge >= 0.3 is 0 Å². The van der Waals surface area contributed by atoms with Crippen molar-refractivity contribution in [2.75, 3.05) is 12.0 Å². The first kappa shape index (κ1) is 18.0. The zero-order valence-corrected chi connectivity index (χ0v) is 15.4. The minimum absolute atomic E-state index is 0.570. The highest BCUT2D eigenvalue weighted by Gasteiger charge is 2.14. The van der Waals surface area contributed by atoms with E-state index in [0.717, 1.165) is 43.1 Å². The summed E-state index contributed by atoms with van der Waals surface area (Å²) in [6.07, 6.45) is 3.06. The Bertz CT molecular complexity index is 785. The maximum Gasteiger partial charge on any atom is 0.246 e. The fraction of sp³-hybridized carbons (Fsp3) is 0.333. The summed E-state index contributed by atoms with van der Waals surface area (Å²) in [6, 6.07) is 18.4. The number of nitrogens with zero attached hydrogens (tertiary/aromatic N) is 3. The maximum absolute atomic E-state index is 5.47. The van der Waals surface area contributed by atoms with E-state index in [9.17, 15) is 0 Å². The number of aryl methyl sites for hydroxylation is 1. The molecule has 0 atom stereocenters. The fourth-order valence-electron chi connectivity index (χ4n) is 2.79. The third-order valence-corrected chi connectivity index (χ3v) is 4.24. The monoisotopic (exact) mass is 351 g/mol. The van der Waals surface area contributed by atoms with Crippen molar-refractivity contribution in [2.24, 2.45) is 0 Å². The molecule has 0 aliphatic carbocycles. The molecule has 0 amide bonds. The molecule has 0 bridgehead atoms. The largest absolute Gasteiger partial charge is 0.497 e. The molecule has 2 aromatic carbocycles. The van der Waals surface area contributed by atoms with Crippen LogP contribution in [0.1, 0.15) is 37.0 Å². The number of hydrogen-bond acceptors (Lipinski definition) is 5. The third-order valence-electron chi connectivity index (χ3n) is 4.24. The summed E-state index contributed by atoms with van der Waals surface area (Å²) < 4.78 is 10.7. The number of ether oxygens (including phenoxy) is 1. The number of unbranched alkanes of at least 4 members (excludes halogenated alkanes) is 1. The van der Waals surface area contributed by atoms with Gasteiger partial charge in [0.1, 0.15) is 5.75 Å². The number of aromatic nitrogens is 2. The van der Waals surface area contributed by atoms with E-state index in [1.807, 2.05) is 18.2 Å². The van der Waals surface area contributed by atoms with Crippen molar-refractivity contribution in [2.45, 2.75) is 39.3 Å². The van der Waals surface area contributed by atoms with Crippen molar-refractivity contribution in [3.8, 4) is 5.75 Å². The standard InChI is InChI=1S/C21H25N3O2/c1-3-4-10-20-22-21(26-23-20)16-24(15-17-8-6-5-7-9-17)18-11-13-19(25-2)14-12-18/h5-9,11-14H,3-4,10,15-16H2,1-2H3. The minimum atomic E-state index is 0.570. The zero-order chi connectivity index (χ0) is 18.2. The van der Waals surface area contributed by atoms with E-state index in [4.69, 9.17) is 9.26 Å². The second-order valence-corrected chi connectivity index (χ2v) is 6.25. The van der Waals surface area contributed by atoms with Gasteiger partial charge in [0.2, 0.25) is 5.89 Å². The van der Waals surface area contributed by atoms with Crippen molar-refractivity contribution in [3.63, 3.8) is 0 Å². The van der Waals surface area contributed by atoms with Crippen molar-refractivity contribution in [3.05, 3.63) is 71.9 Å². The molecule has 0 fully saturated rings. The first-order valence-electron chi connectivity index (χ1n) is 9.03. The highest BCUT2D eigenvalue weighted by atomic mass is 16.5. The molecule has 5 nitrogen and oxygen atoms in total. The van der Waals surface area contributed by atoms with E-state index in [1.165, 1.54) is 5.56 Å². The highest BCUT2D eigenvalue weighted by Crippen LogP contribution is 2.23. The molecule has 3 rings (SSSR count). The molecule has 0 aliphatic heterocycles. The van der Waals surface area contributed by atoms with Gasteiger partial charge < -0.3 is 14.2 Å². The molecule has 0 radical (unpaired) electrons. The summed E-state index contributed by atoms with van der Waals surface area (Å²) in [6.45, 7) is 3.49. The molecule has 0 aliphatic rings. The van der Waals surface area contributed by atoms with Gasteiger partial charge in [-0.3, -0.25) is 0 Å². The Hall–Kier alpha value is -2.82. The molecule has 136 valence electrons. The van der Waals surface area contributed by atoms with Crippen molar-refractivity contribution in [1.82, 2.24) is 10.1 Å². The molecular weight excluding hydrogens is 326 g/mol. The van der Waals surface area contributed by atoms with Crippen LogP contribution in [-0.2, 0) is 19.5 Å². The summed E-state index contributed by atoms with van der Waals surface area (Å²) in [5.74, 6) is 2.27.